The Morgan fingerprint density at radius 1 is 1.26 bits per heavy atom. The van der Waals surface area contributed by atoms with Crippen molar-refractivity contribution in [1.82, 2.24) is 14.9 Å². The van der Waals surface area contributed by atoms with E-state index < -0.39 is 6.04 Å². The fourth-order valence-corrected chi connectivity index (χ4v) is 2.70. The van der Waals surface area contributed by atoms with Crippen LogP contribution in [0.4, 0.5) is 5.69 Å². The second kappa shape index (κ2) is 9.29. The van der Waals surface area contributed by atoms with E-state index in [2.05, 4.69) is 29.1 Å². The van der Waals surface area contributed by atoms with Crippen molar-refractivity contribution in [1.29, 1.82) is 5.41 Å². The fourth-order valence-electron chi connectivity index (χ4n) is 2.70. The summed E-state index contributed by atoms with van der Waals surface area (Å²) in [6.07, 6.45) is 1.77. The molecule has 0 aliphatic heterocycles. The minimum absolute atomic E-state index is 0.153. The Morgan fingerprint density at radius 3 is 2.41 bits per heavy atom. The molecule has 146 valence electrons. The summed E-state index contributed by atoms with van der Waals surface area (Å²) in [5.74, 6) is 0.351. The van der Waals surface area contributed by atoms with Gasteiger partial charge in [-0.2, -0.15) is 4.99 Å². The molecule has 2 aromatic rings. The highest BCUT2D eigenvalue weighted by atomic mass is 16.3. The topological polar surface area (TPSA) is 110 Å². The van der Waals surface area contributed by atoms with Crippen molar-refractivity contribution in [3.8, 4) is 0 Å². The predicted octanol–water partition coefficient (Wildman–Crippen LogP) is 1.53. The van der Waals surface area contributed by atoms with Crippen LogP contribution in [0.15, 0.2) is 41.7 Å². The first kappa shape index (κ1) is 20.6. The zero-order valence-electron chi connectivity index (χ0n) is 16.2. The predicted molar refractivity (Wildman–Crippen MR) is 108 cm³/mol. The molecule has 8 heteroatoms. The standard InChI is InChI=1S/C19H28N6O2/c1-13(2)25-12-21-17(14(25)3)18(23-19(20)22-15(10-26)11-27)24(4)16-8-6-5-7-9-16/h5-9,12-13,15,26-27H,10-11H2,1-4H3,(H2,20,22)/b23-18+. The Morgan fingerprint density at radius 2 is 1.89 bits per heavy atom. The van der Waals surface area contributed by atoms with Crippen LogP contribution < -0.4 is 10.2 Å². The number of anilines is 1. The summed E-state index contributed by atoms with van der Waals surface area (Å²) < 4.78 is 2.05. The molecule has 0 bridgehead atoms. The van der Waals surface area contributed by atoms with Crippen LogP contribution in [0.5, 0.6) is 0 Å². The van der Waals surface area contributed by atoms with Crippen LogP contribution in [0, 0.1) is 12.3 Å². The van der Waals surface area contributed by atoms with E-state index in [9.17, 15) is 10.2 Å². The monoisotopic (exact) mass is 372 g/mol. The van der Waals surface area contributed by atoms with Crippen molar-refractivity contribution in [3.63, 3.8) is 0 Å². The third kappa shape index (κ3) is 4.93. The maximum Gasteiger partial charge on any atom is 0.217 e. The van der Waals surface area contributed by atoms with Crippen LogP contribution in [0.3, 0.4) is 0 Å². The van der Waals surface area contributed by atoms with Crippen molar-refractivity contribution in [2.45, 2.75) is 32.9 Å². The van der Waals surface area contributed by atoms with Gasteiger partial charge in [0.25, 0.3) is 0 Å². The molecule has 1 aromatic carbocycles. The van der Waals surface area contributed by atoms with Crippen molar-refractivity contribution >= 4 is 17.5 Å². The quantitative estimate of drug-likeness (QED) is 0.454. The Labute approximate surface area is 159 Å². The van der Waals surface area contributed by atoms with E-state index in [4.69, 9.17) is 5.41 Å². The van der Waals surface area contributed by atoms with Gasteiger partial charge in [-0.05, 0) is 32.9 Å². The lowest BCUT2D eigenvalue weighted by Crippen LogP contribution is -2.40. The molecule has 0 fully saturated rings. The number of imidazole rings is 1. The molecule has 0 saturated carbocycles. The molecule has 0 radical (unpaired) electrons. The number of benzene rings is 1. The van der Waals surface area contributed by atoms with E-state index in [1.54, 1.807) is 6.33 Å². The third-order valence-electron chi connectivity index (χ3n) is 4.27. The first-order chi connectivity index (χ1) is 12.9. The molecule has 27 heavy (non-hydrogen) atoms. The Balaban J connectivity index is 2.46. The average molecular weight is 372 g/mol. The van der Waals surface area contributed by atoms with Crippen LogP contribution in [0.1, 0.15) is 31.3 Å². The van der Waals surface area contributed by atoms with Gasteiger partial charge in [-0.15, -0.1) is 0 Å². The molecule has 8 nitrogen and oxygen atoms in total. The summed E-state index contributed by atoms with van der Waals surface area (Å²) in [7, 11) is 1.87. The van der Waals surface area contributed by atoms with Crippen LogP contribution in [0.2, 0.25) is 0 Å². The maximum absolute atomic E-state index is 9.23. The van der Waals surface area contributed by atoms with E-state index in [0.717, 1.165) is 11.4 Å². The lowest BCUT2D eigenvalue weighted by Gasteiger charge is -2.22. The number of hydrogen-bond donors (Lipinski definition) is 4. The molecule has 0 aliphatic carbocycles. The van der Waals surface area contributed by atoms with Gasteiger partial charge in [-0.1, -0.05) is 18.2 Å². The highest BCUT2D eigenvalue weighted by Gasteiger charge is 2.20. The van der Waals surface area contributed by atoms with Crippen molar-refractivity contribution in [2.75, 3.05) is 25.2 Å². The average Bonchev–Trinajstić information content (AvgIpc) is 3.05. The van der Waals surface area contributed by atoms with Crippen LogP contribution in [0.25, 0.3) is 0 Å². The third-order valence-corrected chi connectivity index (χ3v) is 4.27. The van der Waals surface area contributed by atoms with Gasteiger partial charge in [0.2, 0.25) is 5.96 Å². The van der Waals surface area contributed by atoms with Gasteiger partial charge in [0.1, 0.15) is 5.69 Å². The minimum Gasteiger partial charge on any atom is -0.394 e. The number of guanidine groups is 1. The van der Waals surface area contributed by atoms with Crippen LogP contribution in [-0.4, -0.2) is 57.9 Å². The summed E-state index contributed by atoms with van der Waals surface area (Å²) in [5, 5.41) is 29.3. The molecule has 1 heterocycles. The zero-order chi connectivity index (χ0) is 20.0. The van der Waals surface area contributed by atoms with Crippen LogP contribution >= 0.6 is 0 Å². The summed E-state index contributed by atoms with van der Waals surface area (Å²) in [4.78, 5) is 10.8. The molecule has 2 rings (SSSR count). The SMILES string of the molecule is Cc1c(/C(=N\C(=N)NC(CO)CO)N(C)c2ccccc2)ncn1C(C)C. The number of aliphatic imine (C=N–C) groups is 1. The van der Waals surface area contributed by atoms with Gasteiger partial charge in [0.05, 0.1) is 25.6 Å². The number of nitrogens with zero attached hydrogens (tertiary/aromatic N) is 4. The van der Waals surface area contributed by atoms with E-state index in [0.29, 0.717) is 11.5 Å². The molecule has 0 spiro atoms. The van der Waals surface area contributed by atoms with Crippen molar-refractivity contribution < 1.29 is 10.2 Å². The van der Waals surface area contributed by atoms with Gasteiger partial charge in [0.15, 0.2) is 5.84 Å². The number of amidine groups is 1. The highest BCUT2D eigenvalue weighted by Crippen LogP contribution is 2.19. The van der Waals surface area contributed by atoms with Gasteiger partial charge in [-0.3, -0.25) is 5.41 Å². The number of aliphatic hydroxyl groups is 2. The minimum atomic E-state index is -0.640. The molecule has 0 unspecified atom stereocenters. The lowest BCUT2D eigenvalue weighted by molar-refractivity contribution is 0.183. The maximum atomic E-state index is 9.23. The molecular formula is C19H28N6O2. The van der Waals surface area contributed by atoms with E-state index >= 15 is 0 Å². The van der Waals surface area contributed by atoms with Gasteiger partial charge < -0.3 is 25.0 Å². The number of aromatic nitrogens is 2. The van der Waals surface area contributed by atoms with Gasteiger partial charge in [0, 0.05) is 24.5 Å². The summed E-state index contributed by atoms with van der Waals surface area (Å²) in [6.45, 7) is 5.54. The Bertz CT molecular complexity index is 781. The molecule has 4 N–H and O–H groups in total. The van der Waals surface area contributed by atoms with Crippen LogP contribution in [-0.2, 0) is 0 Å². The molecule has 0 atom stereocenters. The molecule has 0 amide bonds. The second-order valence-corrected chi connectivity index (χ2v) is 6.56. The summed E-state index contributed by atoms with van der Waals surface area (Å²) >= 11 is 0. The van der Waals surface area contributed by atoms with Crippen molar-refractivity contribution in [2.24, 2.45) is 4.99 Å². The van der Waals surface area contributed by atoms with E-state index in [-0.39, 0.29) is 25.2 Å². The van der Waals surface area contributed by atoms with E-state index in [1.807, 2.05) is 53.8 Å². The van der Waals surface area contributed by atoms with Crippen molar-refractivity contribution in [3.05, 3.63) is 48.0 Å². The summed E-state index contributed by atoms with van der Waals surface area (Å²) in [5.41, 5.74) is 2.52. The largest absolute Gasteiger partial charge is 0.394 e. The Kier molecular flexibility index (Phi) is 7.09. The number of aliphatic hydroxyl groups excluding tert-OH is 2. The smallest absolute Gasteiger partial charge is 0.217 e. The lowest BCUT2D eigenvalue weighted by atomic mass is 10.2. The number of rotatable bonds is 6. The van der Waals surface area contributed by atoms with E-state index in [1.165, 1.54) is 0 Å². The van der Waals surface area contributed by atoms with Gasteiger partial charge >= 0.3 is 0 Å². The summed E-state index contributed by atoms with van der Waals surface area (Å²) in [6, 6.07) is 9.31. The number of hydrogen-bond acceptors (Lipinski definition) is 4. The zero-order valence-corrected chi connectivity index (χ0v) is 16.2. The number of para-hydroxylation sites is 1. The molecule has 0 aliphatic rings. The number of nitrogens with one attached hydrogen (secondary N) is 2. The van der Waals surface area contributed by atoms with Gasteiger partial charge in [-0.25, -0.2) is 4.98 Å². The normalized spacial score (nSPS) is 11.9. The fraction of sp³-hybridized carbons (Fsp3) is 0.421. The molecule has 1 aromatic heterocycles. The second-order valence-electron chi connectivity index (χ2n) is 6.56. The first-order valence-corrected chi connectivity index (χ1v) is 8.87. The Hall–Kier alpha value is -2.71. The first-order valence-electron chi connectivity index (χ1n) is 8.87. The highest BCUT2D eigenvalue weighted by molar-refractivity contribution is 6.13. The molecular weight excluding hydrogens is 344 g/mol. The molecule has 0 saturated heterocycles.